The maximum absolute atomic E-state index is 13.1. The molecule has 1 aliphatic rings. The minimum atomic E-state index is -4.88. The van der Waals surface area contributed by atoms with Crippen molar-refractivity contribution in [3.8, 4) is 0 Å². The van der Waals surface area contributed by atoms with E-state index in [1.54, 1.807) is 26.0 Å². The molecule has 1 aromatic rings. The van der Waals surface area contributed by atoms with Crippen LogP contribution in [-0.2, 0) is 19.8 Å². The van der Waals surface area contributed by atoms with Gasteiger partial charge in [0.25, 0.3) is 0 Å². The summed E-state index contributed by atoms with van der Waals surface area (Å²) in [5.41, 5.74) is 2.01. The Balaban J connectivity index is 2.41. The van der Waals surface area contributed by atoms with Crippen molar-refractivity contribution in [2.24, 2.45) is 0 Å². The Hall–Kier alpha value is -1.96. The first kappa shape index (κ1) is 16.4. The van der Waals surface area contributed by atoms with Crippen LogP contribution in [0.25, 0.3) is 0 Å². The first-order valence-electron chi connectivity index (χ1n) is 6.63. The van der Waals surface area contributed by atoms with Gasteiger partial charge >= 0.3 is 16.2 Å². The van der Waals surface area contributed by atoms with Crippen molar-refractivity contribution >= 4 is 22.1 Å². The topological polar surface area (TPSA) is 91.8 Å². The van der Waals surface area contributed by atoms with Gasteiger partial charge in [-0.05, 0) is 19.4 Å². The fraction of sp³-hybridized carbons (Fsp3) is 0.429. The molecule has 6 nitrogen and oxygen atoms in total. The van der Waals surface area contributed by atoms with E-state index in [9.17, 15) is 27.0 Å². The molecule has 1 amide bonds. The molecule has 8 heteroatoms. The Morgan fingerprint density at radius 2 is 1.86 bits per heavy atom. The summed E-state index contributed by atoms with van der Waals surface area (Å²) >= 11 is 0. The highest BCUT2D eigenvalue weighted by molar-refractivity contribution is 7.87. The zero-order chi connectivity index (χ0) is 16.7. The average Bonchev–Trinajstić information content (AvgIpc) is 2.70. The highest BCUT2D eigenvalue weighted by Gasteiger charge is 2.43. The summed E-state index contributed by atoms with van der Waals surface area (Å²) in [7, 11) is -4.88. The van der Waals surface area contributed by atoms with Crippen molar-refractivity contribution in [3.63, 3.8) is 0 Å². The predicted octanol–water partition coefficient (Wildman–Crippen LogP) is 1.33. The predicted molar refractivity (Wildman–Crippen MR) is 76.4 cm³/mol. The Kier molecular flexibility index (Phi) is 4.23. The molecule has 22 heavy (non-hydrogen) atoms. The second-order valence-electron chi connectivity index (χ2n) is 5.51. The smallest absolute Gasteiger partial charge is 0.331 e. The molecule has 0 spiro atoms. The van der Waals surface area contributed by atoms with E-state index in [-0.39, 0.29) is 0 Å². The number of rotatable bonds is 4. The largest absolute Gasteiger partial charge is 0.479 e. The zero-order valence-corrected chi connectivity index (χ0v) is 12.9. The average molecular weight is 329 g/mol. The lowest BCUT2D eigenvalue weighted by atomic mass is 10.0. The molecule has 1 heterocycles. The number of carbonyl (C=O) groups excluding carboxylic acids is 1. The maximum atomic E-state index is 13.1. The van der Waals surface area contributed by atoms with Crippen LogP contribution < -0.4 is 0 Å². The Labute approximate surface area is 127 Å². The van der Waals surface area contributed by atoms with E-state index in [1.165, 1.54) is 0 Å². The van der Waals surface area contributed by atoms with Crippen LogP contribution in [0.4, 0.5) is 3.89 Å². The lowest BCUT2D eigenvalue weighted by Crippen LogP contribution is -2.36. The lowest BCUT2D eigenvalue weighted by molar-refractivity contribution is -0.148. The summed E-state index contributed by atoms with van der Waals surface area (Å²) < 4.78 is 35.0. The van der Waals surface area contributed by atoms with Gasteiger partial charge < -0.3 is 10.0 Å². The molecule has 2 rings (SSSR count). The van der Waals surface area contributed by atoms with Crippen LogP contribution in [0.3, 0.4) is 0 Å². The minimum absolute atomic E-state index is 0.371. The maximum Gasteiger partial charge on any atom is 0.331 e. The number of carboxylic acids is 1. The summed E-state index contributed by atoms with van der Waals surface area (Å²) in [6, 6.07) is 3.77. The Bertz CT molecular complexity index is 710. The number of aryl methyl sites for hydroxylation is 2. The molecule has 0 aliphatic carbocycles. The van der Waals surface area contributed by atoms with E-state index in [0.29, 0.717) is 5.56 Å². The highest BCUT2D eigenvalue weighted by atomic mass is 32.3. The number of likely N-dealkylation sites (tertiary alicyclic amines) is 1. The summed E-state index contributed by atoms with van der Waals surface area (Å²) in [6.45, 7) is 3.12. The normalized spacial score (nSPS) is 20.2. The number of nitrogens with zero attached hydrogens (tertiary/aromatic N) is 1. The number of halogens is 1. The molecule has 1 saturated heterocycles. The van der Waals surface area contributed by atoms with Gasteiger partial charge in [0.1, 0.15) is 5.25 Å². The first-order chi connectivity index (χ1) is 10.1. The summed E-state index contributed by atoms with van der Waals surface area (Å²) in [5.74, 6) is -1.96. The molecule has 0 saturated carbocycles. The van der Waals surface area contributed by atoms with Crippen LogP contribution in [0, 0.1) is 13.8 Å². The van der Waals surface area contributed by atoms with E-state index in [4.69, 9.17) is 0 Å². The van der Waals surface area contributed by atoms with Crippen molar-refractivity contribution < 1.29 is 27.0 Å². The number of carbonyl (C=O) groups is 2. The molecule has 2 unspecified atom stereocenters. The van der Waals surface area contributed by atoms with Gasteiger partial charge in [0.15, 0.2) is 6.04 Å². The molecule has 1 aromatic carbocycles. The number of hydrogen-bond donors (Lipinski definition) is 1. The summed E-state index contributed by atoms with van der Waals surface area (Å²) in [5, 5.41) is 7.93. The second-order valence-corrected chi connectivity index (χ2v) is 7.13. The van der Waals surface area contributed by atoms with Gasteiger partial charge in [0.2, 0.25) is 5.91 Å². The van der Waals surface area contributed by atoms with Crippen LogP contribution in [0.1, 0.15) is 29.2 Å². The van der Waals surface area contributed by atoms with Crippen LogP contribution in [0.2, 0.25) is 0 Å². The fourth-order valence-corrected chi connectivity index (χ4v) is 3.44. The standard InChI is InChI=1S/C14H16FNO5S/c1-8-3-9(2)5-10(4-8)13(14(18)19)16-7-11(6-12(16)17)22(15,20)21/h3-5,11,13H,6-7H2,1-2H3,(H,18,19). The third kappa shape index (κ3) is 3.27. The Morgan fingerprint density at radius 1 is 1.32 bits per heavy atom. The van der Waals surface area contributed by atoms with Crippen molar-refractivity contribution in [3.05, 3.63) is 34.9 Å². The van der Waals surface area contributed by atoms with Gasteiger partial charge in [-0.15, -0.1) is 3.89 Å². The van der Waals surface area contributed by atoms with Gasteiger partial charge in [-0.1, -0.05) is 29.3 Å². The van der Waals surface area contributed by atoms with Crippen molar-refractivity contribution in [2.45, 2.75) is 31.6 Å². The van der Waals surface area contributed by atoms with Gasteiger partial charge in [0.05, 0.1) is 0 Å². The summed E-state index contributed by atoms with van der Waals surface area (Å²) in [4.78, 5) is 24.4. The SMILES string of the molecule is Cc1cc(C)cc(C(C(=O)O)N2CC(S(=O)(=O)F)CC2=O)c1. The fourth-order valence-electron chi connectivity index (χ4n) is 2.76. The number of aliphatic carboxylic acids is 1. The molecule has 1 N–H and O–H groups in total. The van der Waals surface area contributed by atoms with Crippen molar-refractivity contribution in [2.75, 3.05) is 6.54 Å². The van der Waals surface area contributed by atoms with Crippen molar-refractivity contribution in [1.82, 2.24) is 4.90 Å². The molecule has 120 valence electrons. The number of hydrogen-bond acceptors (Lipinski definition) is 4. The van der Waals surface area contributed by atoms with E-state index in [2.05, 4.69) is 0 Å². The zero-order valence-electron chi connectivity index (χ0n) is 12.1. The minimum Gasteiger partial charge on any atom is -0.479 e. The lowest BCUT2D eigenvalue weighted by Gasteiger charge is -2.25. The molecule has 0 radical (unpaired) electrons. The van der Waals surface area contributed by atoms with Gasteiger partial charge in [-0.3, -0.25) is 4.79 Å². The Morgan fingerprint density at radius 3 is 2.27 bits per heavy atom. The molecule has 0 bridgehead atoms. The van der Waals surface area contributed by atoms with Crippen LogP contribution >= 0.6 is 0 Å². The van der Waals surface area contributed by atoms with Gasteiger partial charge in [-0.25, -0.2) is 4.79 Å². The number of carboxylic acid groups (broad SMARTS) is 1. The van der Waals surface area contributed by atoms with E-state index in [1.807, 2.05) is 6.07 Å². The van der Waals surface area contributed by atoms with E-state index >= 15 is 0 Å². The molecule has 1 fully saturated rings. The molecular formula is C14H16FNO5S. The first-order valence-corrected chi connectivity index (χ1v) is 8.08. The van der Waals surface area contributed by atoms with E-state index in [0.717, 1.165) is 16.0 Å². The number of benzene rings is 1. The van der Waals surface area contributed by atoms with Crippen molar-refractivity contribution in [1.29, 1.82) is 0 Å². The van der Waals surface area contributed by atoms with Gasteiger partial charge in [-0.2, -0.15) is 8.42 Å². The monoisotopic (exact) mass is 329 g/mol. The third-order valence-corrected chi connectivity index (χ3v) is 4.74. The quantitative estimate of drug-likeness (QED) is 0.841. The highest BCUT2D eigenvalue weighted by Crippen LogP contribution is 2.30. The van der Waals surface area contributed by atoms with Crippen LogP contribution in [0.5, 0.6) is 0 Å². The molecule has 1 aliphatic heterocycles. The molecular weight excluding hydrogens is 313 g/mol. The third-order valence-electron chi connectivity index (χ3n) is 3.63. The second kappa shape index (κ2) is 5.68. The van der Waals surface area contributed by atoms with Gasteiger partial charge in [0, 0.05) is 13.0 Å². The molecule has 2 atom stereocenters. The molecule has 0 aromatic heterocycles. The van der Waals surface area contributed by atoms with Crippen LogP contribution in [0.15, 0.2) is 18.2 Å². The van der Waals surface area contributed by atoms with E-state index < -0.39 is 46.4 Å². The number of amides is 1. The summed E-state index contributed by atoms with van der Waals surface area (Å²) in [6.07, 6.45) is -0.534. The van der Waals surface area contributed by atoms with Crippen LogP contribution in [-0.4, -0.2) is 42.1 Å².